The van der Waals surface area contributed by atoms with Crippen LogP contribution in [0.2, 0.25) is 0 Å². The zero-order valence-electron chi connectivity index (χ0n) is 6.38. The summed E-state index contributed by atoms with van der Waals surface area (Å²) < 4.78 is 14.9. The standard InChI is InChI=1S/C9H4BrFOS/c10-9-2-5-1-6(4-12)7(11)3-8(5)13-9/h1-4H. The normalized spacial score (nSPS) is 10.6. The van der Waals surface area contributed by atoms with E-state index in [-0.39, 0.29) is 5.56 Å². The Hall–Kier alpha value is -0.740. The van der Waals surface area contributed by atoms with E-state index in [1.807, 2.05) is 6.07 Å². The van der Waals surface area contributed by atoms with Crippen LogP contribution < -0.4 is 0 Å². The van der Waals surface area contributed by atoms with Gasteiger partial charge >= 0.3 is 0 Å². The van der Waals surface area contributed by atoms with Gasteiger partial charge in [-0.15, -0.1) is 11.3 Å². The van der Waals surface area contributed by atoms with Crippen LogP contribution in [0, 0.1) is 5.82 Å². The molecule has 0 N–H and O–H groups in total. The molecule has 66 valence electrons. The Labute approximate surface area is 86.3 Å². The van der Waals surface area contributed by atoms with Gasteiger partial charge < -0.3 is 0 Å². The van der Waals surface area contributed by atoms with Gasteiger partial charge in [-0.2, -0.15) is 0 Å². The number of hydrogen-bond acceptors (Lipinski definition) is 2. The van der Waals surface area contributed by atoms with Gasteiger partial charge in [0.1, 0.15) is 5.82 Å². The molecule has 0 amide bonds. The maximum atomic E-state index is 13.1. The minimum Gasteiger partial charge on any atom is -0.298 e. The van der Waals surface area contributed by atoms with Crippen LogP contribution in [0.15, 0.2) is 22.0 Å². The topological polar surface area (TPSA) is 17.1 Å². The summed E-state index contributed by atoms with van der Waals surface area (Å²) in [5.41, 5.74) is 0.109. The summed E-state index contributed by atoms with van der Waals surface area (Å²) in [5, 5.41) is 0.889. The molecule has 0 aliphatic heterocycles. The zero-order valence-corrected chi connectivity index (χ0v) is 8.78. The van der Waals surface area contributed by atoms with E-state index in [0.29, 0.717) is 6.29 Å². The molecule has 0 bridgehead atoms. The Morgan fingerprint density at radius 3 is 2.85 bits per heavy atom. The summed E-state index contributed by atoms with van der Waals surface area (Å²) in [6.45, 7) is 0. The molecule has 4 heteroatoms. The number of aldehydes is 1. The van der Waals surface area contributed by atoms with Gasteiger partial charge in [0, 0.05) is 4.70 Å². The second kappa shape index (κ2) is 3.20. The molecule has 0 aliphatic carbocycles. The predicted molar refractivity (Wildman–Crippen MR) is 54.9 cm³/mol. The van der Waals surface area contributed by atoms with Gasteiger partial charge in [0.05, 0.1) is 9.35 Å². The third kappa shape index (κ3) is 1.51. The van der Waals surface area contributed by atoms with Gasteiger partial charge in [0.2, 0.25) is 0 Å². The molecule has 0 radical (unpaired) electrons. The molecule has 1 aromatic heterocycles. The lowest BCUT2D eigenvalue weighted by molar-refractivity contribution is 0.112. The van der Waals surface area contributed by atoms with Crippen LogP contribution in [0.3, 0.4) is 0 Å². The lowest BCUT2D eigenvalue weighted by Gasteiger charge is -1.93. The second-order valence-electron chi connectivity index (χ2n) is 2.58. The van der Waals surface area contributed by atoms with E-state index in [0.717, 1.165) is 13.9 Å². The van der Waals surface area contributed by atoms with Crippen molar-refractivity contribution in [2.75, 3.05) is 0 Å². The van der Waals surface area contributed by atoms with Crippen molar-refractivity contribution in [2.24, 2.45) is 0 Å². The van der Waals surface area contributed by atoms with Crippen molar-refractivity contribution in [3.05, 3.63) is 33.4 Å². The first-order chi connectivity index (χ1) is 6.20. The summed E-state index contributed by atoms with van der Waals surface area (Å²) in [7, 11) is 0. The van der Waals surface area contributed by atoms with Crippen molar-refractivity contribution in [2.45, 2.75) is 0 Å². The molecule has 0 atom stereocenters. The van der Waals surface area contributed by atoms with Crippen LogP contribution in [0.25, 0.3) is 10.1 Å². The molecule has 0 fully saturated rings. The quantitative estimate of drug-likeness (QED) is 0.715. The first kappa shape index (κ1) is 8.84. The fraction of sp³-hybridized carbons (Fsp3) is 0. The summed E-state index contributed by atoms with van der Waals surface area (Å²) in [5.74, 6) is -0.461. The smallest absolute Gasteiger partial charge is 0.153 e. The highest BCUT2D eigenvalue weighted by Gasteiger charge is 2.05. The Balaban J connectivity index is 2.79. The molecule has 0 saturated carbocycles. The number of halogens is 2. The van der Waals surface area contributed by atoms with Crippen LogP contribution in [-0.2, 0) is 0 Å². The maximum absolute atomic E-state index is 13.1. The van der Waals surface area contributed by atoms with Crippen molar-refractivity contribution >= 4 is 43.6 Å². The summed E-state index contributed by atoms with van der Waals surface area (Å²) in [4.78, 5) is 10.4. The van der Waals surface area contributed by atoms with Gasteiger partial charge in [-0.3, -0.25) is 4.79 Å². The SMILES string of the molecule is O=Cc1cc2cc(Br)sc2cc1F. The first-order valence-corrected chi connectivity index (χ1v) is 5.15. The highest BCUT2D eigenvalue weighted by Crippen LogP contribution is 2.30. The molecule has 1 aromatic carbocycles. The average molecular weight is 259 g/mol. The highest BCUT2D eigenvalue weighted by molar-refractivity contribution is 9.11. The number of fused-ring (bicyclic) bond motifs is 1. The lowest BCUT2D eigenvalue weighted by atomic mass is 10.2. The molecule has 2 rings (SSSR count). The van der Waals surface area contributed by atoms with Gasteiger partial charge in [-0.1, -0.05) is 0 Å². The van der Waals surface area contributed by atoms with Gasteiger partial charge in [-0.25, -0.2) is 4.39 Å². The van der Waals surface area contributed by atoms with E-state index < -0.39 is 5.82 Å². The van der Waals surface area contributed by atoms with Crippen molar-refractivity contribution in [1.29, 1.82) is 0 Å². The number of thiophene rings is 1. The molecule has 0 saturated heterocycles. The number of carbonyl (C=O) groups excluding carboxylic acids is 1. The fourth-order valence-electron chi connectivity index (χ4n) is 1.14. The number of benzene rings is 1. The van der Waals surface area contributed by atoms with Gasteiger partial charge in [0.15, 0.2) is 6.29 Å². The summed E-state index contributed by atoms with van der Waals surface area (Å²) in [6.07, 6.45) is 0.528. The van der Waals surface area contributed by atoms with E-state index >= 15 is 0 Å². The molecule has 13 heavy (non-hydrogen) atoms. The molecule has 1 heterocycles. The summed E-state index contributed by atoms with van der Waals surface area (Å²) >= 11 is 4.75. The van der Waals surface area contributed by atoms with E-state index in [1.165, 1.54) is 17.4 Å². The second-order valence-corrected chi connectivity index (χ2v) is 5.04. The molecule has 1 nitrogen and oxygen atoms in total. The molecular weight excluding hydrogens is 255 g/mol. The lowest BCUT2D eigenvalue weighted by Crippen LogP contribution is -1.85. The van der Waals surface area contributed by atoms with Gasteiger partial charge in [0.25, 0.3) is 0 Å². The molecule has 0 aliphatic rings. The Bertz CT molecular complexity index is 478. The van der Waals surface area contributed by atoms with Crippen LogP contribution in [0.1, 0.15) is 10.4 Å². The highest BCUT2D eigenvalue weighted by atomic mass is 79.9. The van der Waals surface area contributed by atoms with Crippen LogP contribution in [0.5, 0.6) is 0 Å². The number of carbonyl (C=O) groups is 1. The van der Waals surface area contributed by atoms with Crippen LogP contribution >= 0.6 is 27.3 Å². The van der Waals surface area contributed by atoms with E-state index in [4.69, 9.17) is 0 Å². The van der Waals surface area contributed by atoms with Crippen molar-refractivity contribution < 1.29 is 9.18 Å². The van der Waals surface area contributed by atoms with E-state index in [1.54, 1.807) is 6.07 Å². The largest absolute Gasteiger partial charge is 0.298 e. The van der Waals surface area contributed by atoms with Gasteiger partial charge in [-0.05, 0) is 39.5 Å². The Morgan fingerprint density at radius 1 is 1.38 bits per heavy atom. The molecule has 0 spiro atoms. The van der Waals surface area contributed by atoms with Crippen LogP contribution in [0.4, 0.5) is 4.39 Å². The minimum atomic E-state index is -0.461. The van der Waals surface area contributed by atoms with Crippen molar-refractivity contribution in [3.63, 3.8) is 0 Å². The van der Waals surface area contributed by atoms with Crippen molar-refractivity contribution in [3.8, 4) is 0 Å². The van der Waals surface area contributed by atoms with E-state index in [9.17, 15) is 9.18 Å². The van der Waals surface area contributed by atoms with Crippen molar-refractivity contribution in [1.82, 2.24) is 0 Å². The fourth-order valence-corrected chi connectivity index (χ4v) is 2.70. The number of hydrogen-bond donors (Lipinski definition) is 0. The molecule has 0 unspecified atom stereocenters. The third-order valence-electron chi connectivity index (χ3n) is 1.73. The summed E-state index contributed by atoms with van der Waals surface area (Å²) in [6, 6.07) is 4.81. The third-order valence-corrected chi connectivity index (χ3v) is 3.33. The minimum absolute atomic E-state index is 0.109. The first-order valence-electron chi connectivity index (χ1n) is 3.54. The monoisotopic (exact) mass is 258 g/mol. The molecular formula is C9H4BrFOS. The predicted octanol–water partition coefficient (Wildman–Crippen LogP) is 3.62. The van der Waals surface area contributed by atoms with E-state index in [2.05, 4.69) is 15.9 Å². The average Bonchev–Trinajstić information content (AvgIpc) is 2.42. The molecule has 2 aromatic rings. The zero-order chi connectivity index (χ0) is 9.42. The Morgan fingerprint density at radius 2 is 2.15 bits per heavy atom. The number of rotatable bonds is 1. The van der Waals surface area contributed by atoms with Crippen LogP contribution in [-0.4, -0.2) is 6.29 Å². The maximum Gasteiger partial charge on any atom is 0.153 e. The Kier molecular flexibility index (Phi) is 2.17.